The van der Waals surface area contributed by atoms with Crippen molar-refractivity contribution < 1.29 is 4.74 Å². The Bertz CT molecular complexity index is 370. The van der Waals surface area contributed by atoms with Crippen molar-refractivity contribution in [2.75, 3.05) is 7.11 Å². The summed E-state index contributed by atoms with van der Waals surface area (Å²) in [5.74, 6) is 0.929. The second-order valence-electron chi connectivity index (χ2n) is 4.87. The van der Waals surface area contributed by atoms with Crippen LogP contribution in [-0.4, -0.2) is 7.11 Å². The summed E-state index contributed by atoms with van der Waals surface area (Å²) in [4.78, 5) is 0. The summed E-state index contributed by atoms with van der Waals surface area (Å²) in [6.07, 6.45) is 1.85. The highest BCUT2D eigenvalue weighted by Crippen LogP contribution is 2.31. The van der Waals surface area contributed by atoms with Gasteiger partial charge in [0.1, 0.15) is 5.75 Å². The van der Waals surface area contributed by atoms with Gasteiger partial charge >= 0.3 is 0 Å². The lowest BCUT2D eigenvalue weighted by molar-refractivity contribution is 0.410. The lowest BCUT2D eigenvalue weighted by Gasteiger charge is -2.21. The van der Waals surface area contributed by atoms with Crippen molar-refractivity contribution in [2.45, 2.75) is 33.1 Å². The standard InChI is InChI=1S/C14H20O/c1-7-11-9-12(14(3,4)5)8-10(2)13(11)15-6/h7-9H,1H2,2-6H3. The molecule has 1 rings (SSSR count). The van der Waals surface area contributed by atoms with Crippen LogP contribution in [0.25, 0.3) is 6.08 Å². The van der Waals surface area contributed by atoms with Crippen LogP contribution in [-0.2, 0) is 5.41 Å². The highest BCUT2D eigenvalue weighted by Gasteiger charge is 2.16. The molecule has 0 bridgehead atoms. The van der Waals surface area contributed by atoms with Gasteiger partial charge in [0.05, 0.1) is 7.11 Å². The quantitative estimate of drug-likeness (QED) is 0.709. The van der Waals surface area contributed by atoms with E-state index in [4.69, 9.17) is 4.74 Å². The van der Waals surface area contributed by atoms with Crippen molar-refractivity contribution in [1.29, 1.82) is 0 Å². The summed E-state index contributed by atoms with van der Waals surface area (Å²) in [7, 11) is 1.70. The molecule has 1 aromatic carbocycles. The molecule has 0 amide bonds. The van der Waals surface area contributed by atoms with Gasteiger partial charge in [0.2, 0.25) is 0 Å². The summed E-state index contributed by atoms with van der Waals surface area (Å²) >= 11 is 0. The number of aryl methyl sites for hydroxylation is 1. The van der Waals surface area contributed by atoms with Gasteiger partial charge < -0.3 is 4.74 Å². The highest BCUT2D eigenvalue weighted by molar-refractivity contribution is 5.60. The number of rotatable bonds is 2. The minimum Gasteiger partial charge on any atom is -0.496 e. The molecule has 0 aliphatic heterocycles. The maximum Gasteiger partial charge on any atom is 0.128 e. The van der Waals surface area contributed by atoms with E-state index in [-0.39, 0.29) is 5.41 Å². The summed E-state index contributed by atoms with van der Waals surface area (Å²) in [6, 6.07) is 4.34. The van der Waals surface area contributed by atoms with Gasteiger partial charge in [0.25, 0.3) is 0 Å². The largest absolute Gasteiger partial charge is 0.496 e. The molecule has 0 spiro atoms. The zero-order valence-electron chi connectivity index (χ0n) is 10.3. The van der Waals surface area contributed by atoms with Gasteiger partial charge in [-0.15, -0.1) is 0 Å². The van der Waals surface area contributed by atoms with Crippen LogP contribution < -0.4 is 4.74 Å². The Morgan fingerprint density at radius 1 is 1.27 bits per heavy atom. The van der Waals surface area contributed by atoms with Gasteiger partial charge in [0.15, 0.2) is 0 Å². The van der Waals surface area contributed by atoms with E-state index in [1.165, 1.54) is 11.1 Å². The van der Waals surface area contributed by atoms with E-state index in [1.807, 2.05) is 6.08 Å². The molecular weight excluding hydrogens is 184 g/mol. The van der Waals surface area contributed by atoms with Crippen LogP contribution in [0.5, 0.6) is 5.75 Å². The first-order chi connectivity index (χ1) is 6.90. The number of hydrogen-bond donors (Lipinski definition) is 0. The Labute approximate surface area is 92.8 Å². The van der Waals surface area contributed by atoms with Crippen LogP contribution in [0.3, 0.4) is 0 Å². The molecule has 0 unspecified atom stereocenters. The average molecular weight is 204 g/mol. The molecule has 0 radical (unpaired) electrons. The number of benzene rings is 1. The second-order valence-corrected chi connectivity index (χ2v) is 4.87. The van der Waals surface area contributed by atoms with E-state index in [0.717, 1.165) is 11.3 Å². The molecule has 0 aromatic heterocycles. The number of methoxy groups -OCH3 is 1. The summed E-state index contributed by atoms with van der Waals surface area (Å²) in [5, 5.41) is 0. The fourth-order valence-electron chi connectivity index (χ4n) is 1.66. The monoisotopic (exact) mass is 204 g/mol. The molecule has 1 nitrogen and oxygen atoms in total. The second kappa shape index (κ2) is 4.09. The topological polar surface area (TPSA) is 9.23 Å². The molecule has 0 N–H and O–H groups in total. The molecule has 0 heterocycles. The van der Waals surface area contributed by atoms with Gasteiger partial charge in [-0.2, -0.15) is 0 Å². The van der Waals surface area contributed by atoms with E-state index in [2.05, 4.69) is 46.4 Å². The lowest BCUT2D eigenvalue weighted by Crippen LogP contribution is -2.12. The smallest absolute Gasteiger partial charge is 0.128 e. The molecule has 1 heteroatoms. The molecule has 0 fully saturated rings. The predicted octanol–water partition coefficient (Wildman–Crippen LogP) is 3.94. The van der Waals surface area contributed by atoms with Gasteiger partial charge in [0, 0.05) is 5.56 Å². The third-order valence-corrected chi connectivity index (χ3v) is 2.59. The van der Waals surface area contributed by atoms with Gasteiger partial charge in [-0.25, -0.2) is 0 Å². The van der Waals surface area contributed by atoms with Gasteiger partial charge in [-0.05, 0) is 29.5 Å². The van der Waals surface area contributed by atoms with Crippen LogP contribution in [0.4, 0.5) is 0 Å². The Kier molecular flexibility index (Phi) is 3.23. The van der Waals surface area contributed by atoms with Crippen molar-refractivity contribution in [2.24, 2.45) is 0 Å². The normalized spacial score (nSPS) is 11.3. The van der Waals surface area contributed by atoms with Crippen molar-refractivity contribution in [1.82, 2.24) is 0 Å². The van der Waals surface area contributed by atoms with Crippen LogP contribution in [0.15, 0.2) is 18.7 Å². The van der Waals surface area contributed by atoms with Gasteiger partial charge in [-0.3, -0.25) is 0 Å². The zero-order valence-corrected chi connectivity index (χ0v) is 10.3. The molecule has 0 aliphatic carbocycles. The SMILES string of the molecule is C=Cc1cc(C(C)(C)C)cc(C)c1OC. The van der Waals surface area contributed by atoms with Crippen molar-refractivity contribution >= 4 is 6.08 Å². The summed E-state index contributed by atoms with van der Waals surface area (Å²) < 4.78 is 5.36. The Morgan fingerprint density at radius 2 is 1.87 bits per heavy atom. The van der Waals surface area contributed by atoms with Crippen molar-refractivity contribution in [3.63, 3.8) is 0 Å². The van der Waals surface area contributed by atoms with E-state index < -0.39 is 0 Å². The van der Waals surface area contributed by atoms with E-state index in [9.17, 15) is 0 Å². The molecule has 1 aromatic rings. The van der Waals surface area contributed by atoms with E-state index in [0.29, 0.717) is 0 Å². The van der Waals surface area contributed by atoms with Crippen molar-refractivity contribution in [3.8, 4) is 5.75 Å². The average Bonchev–Trinajstić information content (AvgIpc) is 2.15. The summed E-state index contributed by atoms with van der Waals surface area (Å²) in [5.41, 5.74) is 3.72. The Balaban J connectivity index is 3.38. The maximum absolute atomic E-state index is 5.36. The van der Waals surface area contributed by atoms with Gasteiger partial charge in [-0.1, -0.05) is 39.5 Å². The third-order valence-electron chi connectivity index (χ3n) is 2.59. The fourth-order valence-corrected chi connectivity index (χ4v) is 1.66. The fraction of sp³-hybridized carbons (Fsp3) is 0.429. The highest BCUT2D eigenvalue weighted by atomic mass is 16.5. The van der Waals surface area contributed by atoms with Crippen LogP contribution in [0.1, 0.15) is 37.5 Å². The molecule has 15 heavy (non-hydrogen) atoms. The molecule has 0 saturated carbocycles. The molecule has 0 saturated heterocycles. The molecule has 82 valence electrons. The Hall–Kier alpha value is -1.24. The Morgan fingerprint density at radius 3 is 2.27 bits per heavy atom. The minimum absolute atomic E-state index is 0.161. The lowest BCUT2D eigenvalue weighted by atomic mass is 9.85. The first kappa shape index (κ1) is 11.8. The van der Waals surface area contributed by atoms with Crippen molar-refractivity contribution in [3.05, 3.63) is 35.4 Å². The first-order valence-electron chi connectivity index (χ1n) is 5.21. The summed E-state index contributed by atoms with van der Waals surface area (Å²) in [6.45, 7) is 12.5. The third kappa shape index (κ3) is 2.41. The predicted molar refractivity (Wildman–Crippen MR) is 66.5 cm³/mol. The first-order valence-corrected chi connectivity index (χ1v) is 5.21. The number of hydrogen-bond acceptors (Lipinski definition) is 1. The van der Waals surface area contributed by atoms with Crippen LogP contribution in [0, 0.1) is 6.92 Å². The van der Waals surface area contributed by atoms with Crippen LogP contribution in [0.2, 0.25) is 0 Å². The van der Waals surface area contributed by atoms with Crippen LogP contribution >= 0.6 is 0 Å². The van der Waals surface area contributed by atoms with E-state index >= 15 is 0 Å². The maximum atomic E-state index is 5.36. The minimum atomic E-state index is 0.161. The van der Waals surface area contributed by atoms with E-state index in [1.54, 1.807) is 7.11 Å². The molecule has 0 atom stereocenters. The molecular formula is C14H20O. The zero-order chi connectivity index (χ0) is 11.6. The molecule has 0 aliphatic rings. The number of ether oxygens (including phenoxy) is 1.